The number of hydrogen-bond acceptors (Lipinski definition) is 6. The highest BCUT2D eigenvalue weighted by Gasteiger charge is 2.29. The summed E-state index contributed by atoms with van der Waals surface area (Å²) < 4.78 is 0. The summed E-state index contributed by atoms with van der Waals surface area (Å²) in [5, 5.41) is 7.65. The molecule has 3 aromatic rings. The summed E-state index contributed by atoms with van der Waals surface area (Å²) in [6.07, 6.45) is 0.252. The summed E-state index contributed by atoms with van der Waals surface area (Å²) in [5.74, 6) is 0.766. The molecular weight excluding hydrogens is 398 g/mol. The highest BCUT2D eigenvalue weighted by atomic mass is 32.2. The fourth-order valence-electron chi connectivity index (χ4n) is 3.59. The van der Waals surface area contributed by atoms with Gasteiger partial charge >= 0.3 is 0 Å². The maximum absolute atomic E-state index is 13.2. The van der Waals surface area contributed by atoms with E-state index in [1.165, 1.54) is 11.8 Å². The number of anilines is 3. The number of hydrogen-bond donors (Lipinski definition) is 2. The molecule has 1 aliphatic heterocycles. The minimum atomic E-state index is -0.239. The lowest BCUT2D eigenvalue weighted by Crippen LogP contribution is -2.40. The van der Waals surface area contributed by atoms with Gasteiger partial charge in [-0.1, -0.05) is 36.0 Å². The highest BCUT2D eigenvalue weighted by molar-refractivity contribution is 7.99. The molecule has 154 valence electrons. The number of amides is 2. The monoisotopic (exact) mass is 421 g/mol. The molecule has 1 aromatic heterocycles. The van der Waals surface area contributed by atoms with Crippen LogP contribution in [0, 0.1) is 0 Å². The van der Waals surface area contributed by atoms with E-state index in [4.69, 9.17) is 0 Å². The SMILES string of the molecule is CCNc1nc(SCC(=O)N2c3ccccc3NC(=O)CC2C)nc2ccccc12. The third-order valence-electron chi connectivity index (χ3n) is 4.88. The van der Waals surface area contributed by atoms with Crippen LogP contribution >= 0.6 is 11.8 Å². The highest BCUT2D eigenvalue weighted by Crippen LogP contribution is 2.32. The van der Waals surface area contributed by atoms with Crippen LogP contribution in [0.5, 0.6) is 0 Å². The summed E-state index contributed by atoms with van der Waals surface area (Å²) in [6, 6.07) is 14.9. The summed E-state index contributed by atoms with van der Waals surface area (Å²) in [6.45, 7) is 4.65. The maximum Gasteiger partial charge on any atom is 0.237 e. The van der Waals surface area contributed by atoms with Crippen molar-refractivity contribution in [3.63, 3.8) is 0 Å². The molecule has 7 nitrogen and oxygen atoms in total. The Morgan fingerprint density at radius 3 is 2.80 bits per heavy atom. The lowest BCUT2D eigenvalue weighted by Gasteiger charge is -2.27. The van der Waals surface area contributed by atoms with Gasteiger partial charge in [-0.3, -0.25) is 9.59 Å². The van der Waals surface area contributed by atoms with E-state index in [-0.39, 0.29) is 30.0 Å². The first-order valence-corrected chi connectivity index (χ1v) is 10.9. The van der Waals surface area contributed by atoms with Crippen molar-refractivity contribution in [2.24, 2.45) is 0 Å². The van der Waals surface area contributed by atoms with Crippen LogP contribution in [0.2, 0.25) is 0 Å². The van der Waals surface area contributed by atoms with Gasteiger partial charge in [0.2, 0.25) is 11.8 Å². The molecule has 0 bridgehead atoms. The summed E-state index contributed by atoms with van der Waals surface area (Å²) >= 11 is 1.30. The van der Waals surface area contributed by atoms with Crippen molar-refractivity contribution in [3.05, 3.63) is 48.5 Å². The van der Waals surface area contributed by atoms with Gasteiger partial charge < -0.3 is 15.5 Å². The van der Waals surface area contributed by atoms with Gasteiger partial charge in [-0.25, -0.2) is 9.97 Å². The number of aromatic nitrogens is 2. The molecule has 2 aromatic carbocycles. The first-order valence-electron chi connectivity index (χ1n) is 9.91. The number of rotatable bonds is 5. The first kappa shape index (κ1) is 20.2. The van der Waals surface area contributed by atoms with Crippen LogP contribution < -0.4 is 15.5 Å². The Hall–Kier alpha value is -3.13. The molecule has 2 heterocycles. The molecule has 0 saturated heterocycles. The standard InChI is InChI=1S/C22H23N5O2S/c1-3-23-21-15-8-4-5-9-16(15)25-22(26-21)30-13-20(29)27-14(2)12-19(28)24-17-10-6-7-11-18(17)27/h4-11,14H,3,12-13H2,1-2H3,(H,24,28)(H,23,25,26). The molecule has 0 spiro atoms. The Morgan fingerprint density at radius 2 is 1.97 bits per heavy atom. The van der Waals surface area contributed by atoms with Crippen LogP contribution in [0.3, 0.4) is 0 Å². The van der Waals surface area contributed by atoms with Crippen LogP contribution in [0.1, 0.15) is 20.3 Å². The zero-order valence-corrected chi connectivity index (χ0v) is 17.7. The van der Waals surface area contributed by atoms with E-state index >= 15 is 0 Å². The minimum Gasteiger partial charge on any atom is -0.370 e. The van der Waals surface area contributed by atoms with Gasteiger partial charge in [0, 0.05) is 24.4 Å². The third kappa shape index (κ3) is 4.09. The molecule has 0 fully saturated rings. The van der Waals surface area contributed by atoms with Gasteiger partial charge in [0.05, 0.1) is 22.6 Å². The van der Waals surface area contributed by atoms with E-state index in [1.807, 2.05) is 62.4 Å². The van der Waals surface area contributed by atoms with E-state index in [9.17, 15) is 9.59 Å². The van der Waals surface area contributed by atoms with Crippen molar-refractivity contribution in [1.82, 2.24) is 9.97 Å². The predicted octanol–water partition coefficient (Wildman–Crippen LogP) is 3.92. The van der Waals surface area contributed by atoms with Crippen LogP contribution in [-0.2, 0) is 9.59 Å². The topological polar surface area (TPSA) is 87.2 Å². The molecule has 0 aliphatic carbocycles. The number of carbonyl (C=O) groups is 2. The maximum atomic E-state index is 13.2. The molecule has 1 aliphatic rings. The van der Waals surface area contributed by atoms with Crippen molar-refractivity contribution < 1.29 is 9.59 Å². The van der Waals surface area contributed by atoms with Gasteiger partial charge in [0.1, 0.15) is 5.82 Å². The van der Waals surface area contributed by atoms with E-state index in [0.717, 1.165) is 23.3 Å². The van der Waals surface area contributed by atoms with Crippen molar-refractivity contribution in [2.45, 2.75) is 31.5 Å². The van der Waals surface area contributed by atoms with E-state index < -0.39 is 0 Å². The third-order valence-corrected chi connectivity index (χ3v) is 5.71. The largest absolute Gasteiger partial charge is 0.370 e. The number of thioether (sulfide) groups is 1. The van der Waals surface area contributed by atoms with Crippen LogP contribution in [0.4, 0.5) is 17.2 Å². The van der Waals surface area contributed by atoms with Crippen molar-refractivity contribution in [2.75, 3.05) is 27.8 Å². The molecule has 4 rings (SSSR count). The number of nitrogens with one attached hydrogen (secondary N) is 2. The molecule has 2 amide bonds. The van der Waals surface area contributed by atoms with Crippen molar-refractivity contribution in [1.29, 1.82) is 0 Å². The zero-order chi connectivity index (χ0) is 21.1. The molecule has 2 N–H and O–H groups in total. The zero-order valence-electron chi connectivity index (χ0n) is 16.9. The van der Waals surface area contributed by atoms with Crippen LogP contribution in [0.15, 0.2) is 53.7 Å². The average molecular weight is 422 g/mol. The Labute approximate surface area is 179 Å². The summed E-state index contributed by atoms with van der Waals surface area (Å²) in [5.41, 5.74) is 2.21. The Balaban J connectivity index is 1.58. The van der Waals surface area contributed by atoms with Crippen molar-refractivity contribution >= 4 is 51.7 Å². The number of nitrogens with zero attached hydrogens (tertiary/aromatic N) is 3. The fourth-order valence-corrected chi connectivity index (χ4v) is 4.30. The average Bonchev–Trinajstić information content (AvgIpc) is 2.86. The molecular formula is C22H23N5O2S. The number of para-hydroxylation sites is 3. The quantitative estimate of drug-likeness (QED) is 0.480. The molecule has 0 saturated carbocycles. The number of benzene rings is 2. The molecule has 0 radical (unpaired) electrons. The Kier molecular flexibility index (Phi) is 5.85. The van der Waals surface area contributed by atoms with Crippen molar-refractivity contribution in [3.8, 4) is 0 Å². The molecule has 1 unspecified atom stereocenters. The fraction of sp³-hybridized carbons (Fsp3) is 0.273. The molecule has 30 heavy (non-hydrogen) atoms. The molecule has 1 atom stereocenters. The number of fused-ring (bicyclic) bond motifs is 2. The minimum absolute atomic E-state index is 0.0850. The first-order chi connectivity index (χ1) is 14.6. The smallest absolute Gasteiger partial charge is 0.237 e. The predicted molar refractivity (Wildman–Crippen MR) is 121 cm³/mol. The second-order valence-electron chi connectivity index (χ2n) is 7.07. The Morgan fingerprint density at radius 1 is 1.20 bits per heavy atom. The van der Waals surface area contributed by atoms with Gasteiger partial charge in [-0.2, -0.15) is 0 Å². The van der Waals surface area contributed by atoms with Crippen LogP contribution in [-0.4, -0.2) is 40.1 Å². The second-order valence-corrected chi connectivity index (χ2v) is 8.02. The lowest BCUT2D eigenvalue weighted by atomic mass is 10.2. The van der Waals surface area contributed by atoms with Gasteiger partial charge in [-0.05, 0) is 38.1 Å². The summed E-state index contributed by atoms with van der Waals surface area (Å²) in [4.78, 5) is 36.2. The summed E-state index contributed by atoms with van der Waals surface area (Å²) in [7, 11) is 0. The second kappa shape index (κ2) is 8.71. The lowest BCUT2D eigenvalue weighted by molar-refractivity contribution is -0.117. The molecule has 8 heteroatoms. The van der Waals surface area contributed by atoms with E-state index in [1.54, 1.807) is 4.90 Å². The Bertz CT molecular complexity index is 1100. The van der Waals surface area contributed by atoms with E-state index in [2.05, 4.69) is 20.6 Å². The van der Waals surface area contributed by atoms with Gasteiger partial charge in [-0.15, -0.1) is 0 Å². The van der Waals surface area contributed by atoms with Crippen LogP contribution in [0.25, 0.3) is 10.9 Å². The van der Waals surface area contributed by atoms with Gasteiger partial charge in [0.25, 0.3) is 0 Å². The van der Waals surface area contributed by atoms with Gasteiger partial charge in [0.15, 0.2) is 5.16 Å². The normalized spacial score (nSPS) is 16.0. The number of carbonyl (C=O) groups excluding carboxylic acids is 2. The van der Waals surface area contributed by atoms with E-state index in [0.29, 0.717) is 16.5 Å².